The zero-order valence-corrected chi connectivity index (χ0v) is 15.5. The maximum Gasteiger partial charge on any atom is 0.287 e. The molecule has 1 atom stereocenters. The molecule has 0 aliphatic rings. The van der Waals surface area contributed by atoms with E-state index in [0.29, 0.717) is 5.58 Å². The van der Waals surface area contributed by atoms with Gasteiger partial charge in [-0.2, -0.15) is 5.10 Å². The number of nitrogens with zero attached hydrogens (tertiary/aromatic N) is 3. The number of carbonyl (C=O) groups is 1. The number of benzene rings is 2. The summed E-state index contributed by atoms with van der Waals surface area (Å²) in [5.41, 5.74) is 2.56. The topological polar surface area (TPSA) is 73.0 Å². The molecule has 2 aromatic carbocycles. The van der Waals surface area contributed by atoms with Crippen LogP contribution in [0.1, 0.15) is 29.1 Å². The van der Waals surface area contributed by atoms with E-state index in [-0.39, 0.29) is 17.7 Å². The highest BCUT2D eigenvalue weighted by Crippen LogP contribution is 2.27. The highest BCUT2D eigenvalue weighted by atomic mass is 79.9. The number of aromatic nitrogens is 3. The van der Waals surface area contributed by atoms with E-state index >= 15 is 0 Å². The van der Waals surface area contributed by atoms with Crippen LogP contribution in [0.5, 0.6) is 0 Å². The van der Waals surface area contributed by atoms with E-state index in [4.69, 9.17) is 4.42 Å². The van der Waals surface area contributed by atoms with Gasteiger partial charge >= 0.3 is 0 Å². The molecular weight excluding hydrogens is 396 g/mol. The van der Waals surface area contributed by atoms with Crippen LogP contribution >= 0.6 is 15.9 Å². The number of nitrogens with one attached hydrogen (secondary N) is 1. The Balaban J connectivity index is 1.50. The fourth-order valence-corrected chi connectivity index (χ4v) is 3.21. The first-order chi connectivity index (χ1) is 12.6. The molecule has 7 heteroatoms. The minimum atomic E-state index is -0.249. The quantitative estimate of drug-likeness (QED) is 0.545. The molecule has 2 heterocycles. The van der Waals surface area contributed by atoms with Gasteiger partial charge in [0.2, 0.25) is 0 Å². The van der Waals surface area contributed by atoms with Crippen molar-refractivity contribution >= 4 is 32.8 Å². The average molecular weight is 411 g/mol. The standard InChI is InChI=1S/C19H15BrN4O2/c1-12(13-5-7-15(8-6-13)24-11-21-10-22-24)23-19(25)17-9-14-3-2-4-16(20)18(14)26-17/h2-12H,1H3,(H,23,25). The molecule has 0 bridgehead atoms. The lowest BCUT2D eigenvalue weighted by molar-refractivity contribution is 0.0914. The van der Waals surface area contributed by atoms with E-state index in [2.05, 4.69) is 31.3 Å². The summed E-state index contributed by atoms with van der Waals surface area (Å²) in [5.74, 6) is 0.0407. The number of halogens is 1. The number of fused-ring (bicyclic) bond motifs is 1. The van der Waals surface area contributed by atoms with Crippen molar-refractivity contribution in [1.82, 2.24) is 20.1 Å². The first-order valence-electron chi connectivity index (χ1n) is 8.06. The second-order valence-corrected chi connectivity index (χ2v) is 6.75. The Hall–Kier alpha value is -2.93. The van der Waals surface area contributed by atoms with Crippen LogP contribution in [0.2, 0.25) is 0 Å². The van der Waals surface area contributed by atoms with Gasteiger partial charge in [0, 0.05) is 5.39 Å². The Morgan fingerprint density at radius 3 is 2.73 bits per heavy atom. The molecule has 0 aliphatic heterocycles. The smallest absolute Gasteiger partial charge is 0.287 e. The molecule has 0 aliphatic carbocycles. The van der Waals surface area contributed by atoms with Gasteiger partial charge in [0.1, 0.15) is 18.2 Å². The number of carbonyl (C=O) groups excluding carboxylic acids is 1. The molecule has 1 unspecified atom stereocenters. The summed E-state index contributed by atoms with van der Waals surface area (Å²) < 4.78 is 8.19. The van der Waals surface area contributed by atoms with Gasteiger partial charge in [-0.1, -0.05) is 24.3 Å². The number of hydrogen-bond donors (Lipinski definition) is 1. The summed E-state index contributed by atoms with van der Waals surface area (Å²) in [5, 5.41) is 7.94. The van der Waals surface area contributed by atoms with E-state index in [1.54, 1.807) is 17.1 Å². The minimum absolute atomic E-state index is 0.163. The van der Waals surface area contributed by atoms with E-state index in [1.165, 1.54) is 6.33 Å². The van der Waals surface area contributed by atoms with Crippen molar-refractivity contribution < 1.29 is 9.21 Å². The second-order valence-electron chi connectivity index (χ2n) is 5.90. The molecule has 26 heavy (non-hydrogen) atoms. The lowest BCUT2D eigenvalue weighted by Crippen LogP contribution is -2.26. The first kappa shape index (κ1) is 16.5. The highest BCUT2D eigenvalue weighted by molar-refractivity contribution is 9.10. The molecule has 0 spiro atoms. The van der Waals surface area contributed by atoms with Crippen molar-refractivity contribution in [2.75, 3.05) is 0 Å². The normalized spacial score (nSPS) is 12.2. The van der Waals surface area contributed by atoms with Gasteiger partial charge < -0.3 is 9.73 Å². The SMILES string of the molecule is CC(NC(=O)c1cc2cccc(Br)c2o1)c1ccc(-n2cncn2)cc1. The summed E-state index contributed by atoms with van der Waals surface area (Å²) in [4.78, 5) is 16.5. The molecule has 6 nitrogen and oxygen atoms in total. The molecule has 130 valence electrons. The van der Waals surface area contributed by atoms with Crippen LogP contribution in [-0.4, -0.2) is 20.7 Å². The Morgan fingerprint density at radius 2 is 2.04 bits per heavy atom. The van der Waals surface area contributed by atoms with Gasteiger partial charge in [-0.25, -0.2) is 9.67 Å². The van der Waals surface area contributed by atoms with E-state index in [0.717, 1.165) is 21.1 Å². The molecule has 1 amide bonds. The van der Waals surface area contributed by atoms with Crippen molar-refractivity contribution in [2.24, 2.45) is 0 Å². The van der Waals surface area contributed by atoms with Gasteiger partial charge in [0.25, 0.3) is 5.91 Å². The molecule has 0 saturated heterocycles. The Labute approximate surface area is 158 Å². The summed E-state index contributed by atoms with van der Waals surface area (Å²) in [6.45, 7) is 1.93. The van der Waals surface area contributed by atoms with Gasteiger partial charge in [-0.15, -0.1) is 0 Å². The number of amides is 1. The highest BCUT2D eigenvalue weighted by Gasteiger charge is 2.16. The van der Waals surface area contributed by atoms with Crippen LogP contribution < -0.4 is 5.32 Å². The summed E-state index contributed by atoms with van der Waals surface area (Å²) in [7, 11) is 0. The van der Waals surface area contributed by atoms with Crippen molar-refractivity contribution in [1.29, 1.82) is 0 Å². The third-order valence-corrected chi connectivity index (χ3v) is 4.77. The summed E-state index contributed by atoms with van der Waals surface area (Å²) in [6.07, 6.45) is 3.13. The number of rotatable bonds is 4. The average Bonchev–Trinajstić information content (AvgIpc) is 3.32. The number of hydrogen-bond acceptors (Lipinski definition) is 4. The van der Waals surface area contributed by atoms with Gasteiger partial charge in [-0.3, -0.25) is 4.79 Å². The summed E-state index contributed by atoms with van der Waals surface area (Å²) >= 11 is 3.43. The Kier molecular flexibility index (Phi) is 4.30. The fourth-order valence-electron chi connectivity index (χ4n) is 2.75. The fraction of sp³-hybridized carbons (Fsp3) is 0.105. The van der Waals surface area contributed by atoms with Crippen molar-refractivity contribution in [3.63, 3.8) is 0 Å². The van der Waals surface area contributed by atoms with Crippen LogP contribution in [-0.2, 0) is 0 Å². The molecule has 0 saturated carbocycles. The molecule has 0 fully saturated rings. The molecule has 1 N–H and O–H groups in total. The van der Waals surface area contributed by atoms with Crippen molar-refractivity contribution in [3.05, 3.63) is 77.0 Å². The third-order valence-electron chi connectivity index (χ3n) is 4.14. The first-order valence-corrected chi connectivity index (χ1v) is 8.85. The second kappa shape index (κ2) is 6.76. The molecular formula is C19H15BrN4O2. The molecule has 4 rings (SSSR count). The van der Waals surface area contributed by atoms with Crippen molar-refractivity contribution in [2.45, 2.75) is 13.0 Å². The van der Waals surface area contributed by atoms with Crippen LogP contribution in [0.25, 0.3) is 16.7 Å². The largest absolute Gasteiger partial charge is 0.450 e. The van der Waals surface area contributed by atoms with E-state index in [1.807, 2.05) is 49.4 Å². The predicted molar refractivity (Wildman–Crippen MR) is 101 cm³/mol. The van der Waals surface area contributed by atoms with Crippen LogP contribution in [0, 0.1) is 0 Å². The summed E-state index contributed by atoms with van der Waals surface area (Å²) in [6, 6.07) is 15.1. The van der Waals surface area contributed by atoms with E-state index in [9.17, 15) is 4.79 Å². The van der Waals surface area contributed by atoms with Crippen molar-refractivity contribution in [3.8, 4) is 5.69 Å². The molecule has 4 aromatic rings. The lowest BCUT2D eigenvalue weighted by atomic mass is 10.1. The van der Waals surface area contributed by atoms with Crippen LogP contribution in [0.4, 0.5) is 0 Å². The lowest BCUT2D eigenvalue weighted by Gasteiger charge is -2.14. The molecule has 0 radical (unpaired) electrons. The van der Waals surface area contributed by atoms with Gasteiger partial charge in [-0.05, 0) is 52.7 Å². The molecule has 2 aromatic heterocycles. The Morgan fingerprint density at radius 1 is 1.23 bits per heavy atom. The van der Waals surface area contributed by atoms with Crippen LogP contribution in [0.3, 0.4) is 0 Å². The van der Waals surface area contributed by atoms with Gasteiger partial charge in [0.05, 0.1) is 16.2 Å². The zero-order valence-electron chi connectivity index (χ0n) is 13.9. The van der Waals surface area contributed by atoms with Crippen LogP contribution in [0.15, 0.2) is 70.1 Å². The number of para-hydroxylation sites is 1. The predicted octanol–water partition coefficient (Wildman–Crippen LogP) is 4.27. The minimum Gasteiger partial charge on any atom is -0.450 e. The number of furan rings is 1. The van der Waals surface area contributed by atoms with Gasteiger partial charge in [0.15, 0.2) is 5.76 Å². The van der Waals surface area contributed by atoms with E-state index < -0.39 is 0 Å². The monoisotopic (exact) mass is 410 g/mol. The maximum absolute atomic E-state index is 12.5. The Bertz CT molecular complexity index is 1060. The third kappa shape index (κ3) is 3.13. The zero-order chi connectivity index (χ0) is 18.1. The maximum atomic E-state index is 12.5.